The SMILES string of the molecule is C1CCC(NC2CCCCC2)CC1.CCCCCC/C=C/CC(=O)N[C@H](CSCc1ccccc1)CC(=O)O. The molecule has 0 radical (unpaired) electrons. The van der Waals surface area contributed by atoms with Gasteiger partial charge in [0.2, 0.25) is 5.91 Å². The zero-order valence-corrected chi connectivity index (χ0v) is 25.2. The third-order valence-electron chi connectivity index (χ3n) is 7.59. The van der Waals surface area contributed by atoms with Crippen LogP contribution in [-0.4, -0.2) is 40.9 Å². The molecule has 3 rings (SSSR count). The van der Waals surface area contributed by atoms with Crippen LogP contribution >= 0.6 is 11.8 Å². The summed E-state index contributed by atoms with van der Waals surface area (Å²) < 4.78 is 0. The Hall–Kier alpha value is -1.79. The van der Waals surface area contributed by atoms with Gasteiger partial charge in [0.05, 0.1) is 6.42 Å². The third-order valence-corrected chi connectivity index (χ3v) is 8.77. The molecule has 2 aliphatic carbocycles. The summed E-state index contributed by atoms with van der Waals surface area (Å²) in [4.78, 5) is 23.1. The van der Waals surface area contributed by atoms with Crippen molar-refractivity contribution in [1.82, 2.24) is 10.6 Å². The second-order valence-electron chi connectivity index (χ2n) is 11.2. The summed E-state index contributed by atoms with van der Waals surface area (Å²) in [6.07, 6.45) is 24.6. The first-order chi connectivity index (χ1) is 19.1. The molecule has 0 bridgehead atoms. The summed E-state index contributed by atoms with van der Waals surface area (Å²) in [5.74, 6) is 0.404. The maximum absolute atomic E-state index is 12.0. The number of hydrogen-bond acceptors (Lipinski definition) is 4. The molecule has 1 aromatic carbocycles. The average molecular weight is 559 g/mol. The maximum atomic E-state index is 12.0. The van der Waals surface area contributed by atoms with E-state index < -0.39 is 5.97 Å². The van der Waals surface area contributed by atoms with Crippen molar-refractivity contribution < 1.29 is 14.7 Å². The predicted molar refractivity (Wildman–Crippen MR) is 166 cm³/mol. The van der Waals surface area contributed by atoms with Crippen LogP contribution in [-0.2, 0) is 15.3 Å². The molecule has 39 heavy (non-hydrogen) atoms. The van der Waals surface area contributed by atoms with Gasteiger partial charge in [-0.3, -0.25) is 9.59 Å². The van der Waals surface area contributed by atoms with Crippen molar-refractivity contribution in [3.05, 3.63) is 48.0 Å². The molecule has 0 unspecified atom stereocenters. The molecule has 0 spiro atoms. The molecule has 1 amide bonds. The number of carboxylic acids is 1. The molecule has 2 aliphatic rings. The second kappa shape index (κ2) is 22.0. The minimum atomic E-state index is -0.887. The predicted octanol–water partition coefficient (Wildman–Crippen LogP) is 8.04. The summed E-state index contributed by atoms with van der Waals surface area (Å²) >= 11 is 1.64. The molecule has 0 aromatic heterocycles. The molecular weight excluding hydrogens is 504 g/mol. The Kier molecular flexibility index (Phi) is 18.8. The first kappa shape index (κ1) is 33.4. The molecule has 2 fully saturated rings. The highest BCUT2D eigenvalue weighted by Gasteiger charge is 2.19. The minimum absolute atomic E-state index is 0.0474. The quantitative estimate of drug-likeness (QED) is 0.141. The molecule has 3 N–H and O–H groups in total. The Labute approximate surface area is 242 Å². The van der Waals surface area contributed by atoms with Gasteiger partial charge < -0.3 is 15.7 Å². The van der Waals surface area contributed by atoms with E-state index in [1.165, 1.54) is 89.0 Å². The van der Waals surface area contributed by atoms with E-state index in [1.807, 2.05) is 42.5 Å². The van der Waals surface area contributed by atoms with E-state index in [0.29, 0.717) is 12.2 Å². The fourth-order valence-corrected chi connectivity index (χ4v) is 6.44. The van der Waals surface area contributed by atoms with E-state index in [2.05, 4.69) is 17.6 Å². The number of carbonyl (C=O) groups excluding carboxylic acids is 1. The lowest BCUT2D eigenvalue weighted by atomic mass is 9.91. The molecular formula is C33H54N2O3S. The van der Waals surface area contributed by atoms with Crippen molar-refractivity contribution >= 4 is 23.6 Å². The molecule has 6 heteroatoms. The van der Waals surface area contributed by atoms with Crippen LogP contribution in [0.5, 0.6) is 0 Å². The van der Waals surface area contributed by atoms with Crippen LogP contribution in [0, 0.1) is 0 Å². The maximum Gasteiger partial charge on any atom is 0.305 e. The smallest absolute Gasteiger partial charge is 0.305 e. The minimum Gasteiger partial charge on any atom is -0.481 e. The fourth-order valence-electron chi connectivity index (χ4n) is 5.41. The number of allylic oxidation sites excluding steroid dienone is 1. The van der Waals surface area contributed by atoms with Gasteiger partial charge in [0.25, 0.3) is 0 Å². The number of thioether (sulfide) groups is 1. The van der Waals surface area contributed by atoms with Gasteiger partial charge in [0, 0.05) is 36.1 Å². The van der Waals surface area contributed by atoms with Crippen LogP contribution in [0.15, 0.2) is 42.5 Å². The molecule has 220 valence electrons. The van der Waals surface area contributed by atoms with Crippen molar-refractivity contribution in [2.45, 2.75) is 140 Å². The normalized spacial score (nSPS) is 17.4. The van der Waals surface area contributed by atoms with Gasteiger partial charge in [0.15, 0.2) is 0 Å². The van der Waals surface area contributed by atoms with Crippen molar-refractivity contribution in [2.75, 3.05) is 5.75 Å². The number of rotatable bonds is 16. The summed E-state index contributed by atoms with van der Waals surface area (Å²) in [6, 6.07) is 11.4. The van der Waals surface area contributed by atoms with Crippen LogP contribution in [0.1, 0.15) is 122 Å². The largest absolute Gasteiger partial charge is 0.481 e. The Morgan fingerprint density at radius 1 is 0.923 bits per heavy atom. The van der Waals surface area contributed by atoms with Crippen molar-refractivity contribution in [2.24, 2.45) is 0 Å². The van der Waals surface area contributed by atoms with E-state index in [-0.39, 0.29) is 18.4 Å². The number of benzene rings is 1. The van der Waals surface area contributed by atoms with E-state index >= 15 is 0 Å². The van der Waals surface area contributed by atoms with Gasteiger partial charge in [-0.05, 0) is 44.1 Å². The van der Waals surface area contributed by atoms with Crippen molar-refractivity contribution in [3.63, 3.8) is 0 Å². The lowest BCUT2D eigenvalue weighted by Gasteiger charge is -2.30. The van der Waals surface area contributed by atoms with Crippen LogP contribution < -0.4 is 10.6 Å². The van der Waals surface area contributed by atoms with Gasteiger partial charge in [-0.2, -0.15) is 11.8 Å². The average Bonchev–Trinajstić information content (AvgIpc) is 2.94. The number of carboxylic acid groups (broad SMARTS) is 1. The Morgan fingerprint density at radius 3 is 2.15 bits per heavy atom. The highest BCUT2D eigenvalue weighted by atomic mass is 32.2. The van der Waals surface area contributed by atoms with Gasteiger partial charge in [0.1, 0.15) is 0 Å². The van der Waals surface area contributed by atoms with Gasteiger partial charge in [-0.1, -0.05) is 107 Å². The summed E-state index contributed by atoms with van der Waals surface area (Å²) in [6.45, 7) is 2.19. The van der Waals surface area contributed by atoms with Crippen molar-refractivity contribution in [3.8, 4) is 0 Å². The zero-order chi connectivity index (χ0) is 28.0. The van der Waals surface area contributed by atoms with Gasteiger partial charge in [-0.25, -0.2) is 0 Å². The Balaban J connectivity index is 0.000000338. The fraction of sp³-hybridized carbons (Fsp3) is 0.697. The molecule has 2 saturated carbocycles. The van der Waals surface area contributed by atoms with Crippen LogP contribution in [0.4, 0.5) is 0 Å². The lowest BCUT2D eigenvalue weighted by molar-refractivity contribution is -0.137. The number of nitrogens with one attached hydrogen (secondary N) is 2. The Morgan fingerprint density at radius 2 is 1.56 bits per heavy atom. The number of hydrogen-bond donors (Lipinski definition) is 3. The number of carbonyl (C=O) groups is 2. The topological polar surface area (TPSA) is 78.4 Å². The molecule has 5 nitrogen and oxygen atoms in total. The Bertz CT molecular complexity index is 773. The van der Waals surface area contributed by atoms with Crippen molar-refractivity contribution in [1.29, 1.82) is 0 Å². The lowest BCUT2D eigenvalue weighted by Crippen LogP contribution is -2.40. The highest BCUT2D eigenvalue weighted by molar-refractivity contribution is 7.98. The van der Waals surface area contributed by atoms with E-state index in [0.717, 1.165) is 30.7 Å². The number of aliphatic carboxylic acids is 1. The summed E-state index contributed by atoms with van der Waals surface area (Å²) in [5.41, 5.74) is 1.20. The molecule has 1 atom stereocenters. The van der Waals surface area contributed by atoms with E-state index in [1.54, 1.807) is 11.8 Å². The first-order valence-corrected chi connectivity index (χ1v) is 16.8. The summed E-state index contributed by atoms with van der Waals surface area (Å²) in [5, 5.41) is 15.8. The van der Waals surface area contributed by atoms with Crippen LogP contribution in [0.3, 0.4) is 0 Å². The second-order valence-corrected chi connectivity index (χ2v) is 12.3. The highest BCUT2D eigenvalue weighted by Crippen LogP contribution is 2.22. The number of amides is 1. The standard InChI is InChI=1S/C21H31NO3S.C12H23N/c1-2-3-4-5-6-7-11-14-20(23)22-19(15-21(24)25)17-26-16-18-12-9-8-10-13-18;1-3-7-11(8-4-1)13-12-9-5-2-6-10-12/h7-13,19H,2-6,14-17H2,1H3,(H,22,23)(H,24,25);11-13H,1-10H2/b11-7+;/t19-;/m0./s1. The molecule has 0 aliphatic heterocycles. The molecule has 0 heterocycles. The van der Waals surface area contributed by atoms with Gasteiger partial charge in [-0.15, -0.1) is 0 Å². The van der Waals surface area contributed by atoms with Crippen LogP contribution in [0.25, 0.3) is 0 Å². The van der Waals surface area contributed by atoms with E-state index in [4.69, 9.17) is 5.11 Å². The molecule has 0 saturated heterocycles. The third kappa shape index (κ3) is 17.5. The van der Waals surface area contributed by atoms with Crippen LogP contribution in [0.2, 0.25) is 0 Å². The first-order valence-electron chi connectivity index (χ1n) is 15.6. The number of unbranched alkanes of at least 4 members (excludes halogenated alkanes) is 4. The van der Waals surface area contributed by atoms with E-state index in [9.17, 15) is 9.59 Å². The van der Waals surface area contributed by atoms with Gasteiger partial charge >= 0.3 is 5.97 Å². The summed E-state index contributed by atoms with van der Waals surface area (Å²) in [7, 11) is 0. The monoisotopic (exact) mass is 558 g/mol. The molecule has 1 aromatic rings. The zero-order valence-electron chi connectivity index (χ0n) is 24.4.